The molecule has 0 aromatic heterocycles. The van der Waals surface area contributed by atoms with Crippen LogP contribution in [-0.4, -0.2) is 43.0 Å². The summed E-state index contributed by atoms with van der Waals surface area (Å²) in [5, 5.41) is 0. The highest BCUT2D eigenvalue weighted by atomic mass is 15.3. The predicted molar refractivity (Wildman–Crippen MR) is 91.4 cm³/mol. The quantitative estimate of drug-likeness (QED) is 0.793. The van der Waals surface area contributed by atoms with Crippen LogP contribution in [0.3, 0.4) is 0 Å². The molecular weight excluding hydrogens is 244 g/mol. The van der Waals surface area contributed by atoms with Gasteiger partial charge < -0.3 is 4.90 Å². The monoisotopic (exact) mass is 278 g/mol. The lowest BCUT2D eigenvalue weighted by Gasteiger charge is -2.36. The van der Waals surface area contributed by atoms with Gasteiger partial charge in [-0.05, 0) is 26.5 Å². The maximum Gasteiger partial charge on any atom is 0.0320 e. The number of benzene rings is 1. The van der Waals surface area contributed by atoms with Crippen molar-refractivity contribution in [2.45, 2.75) is 47.6 Å². The number of rotatable bonds is 2. The second kappa shape index (κ2) is 10.9. The molecule has 2 nitrogen and oxygen atoms in total. The van der Waals surface area contributed by atoms with Crippen molar-refractivity contribution in [3.63, 3.8) is 0 Å². The van der Waals surface area contributed by atoms with E-state index in [1.54, 1.807) is 0 Å². The van der Waals surface area contributed by atoms with Gasteiger partial charge in [0.15, 0.2) is 0 Å². The van der Waals surface area contributed by atoms with E-state index in [-0.39, 0.29) is 0 Å². The van der Waals surface area contributed by atoms with Crippen LogP contribution in [0, 0.1) is 6.92 Å². The lowest BCUT2D eigenvalue weighted by atomic mass is 10.0. The first-order valence-corrected chi connectivity index (χ1v) is 8.16. The molecule has 1 aromatic rings. The Labute approximate surface area is 126 Å². The second-order valence-electron chi connectivity index (χ2n) is 4.93. The molecule has 1 saturated heterocycles. The molecule has 0 bridgehead atoms. The molecule has 1 aliphatic rings. The van der Waals surface area contributed by atoms with Crippen molar-refractivity contribution >= 4 is 0 Å². The lowest BCUT2D eigenvalue weighted by molar-refractivity contribution is 0.119. The molecule has 1 fully saturated rings. The number of nitrogens with zero attached hydrogens (tertiary/aromatic N) is 2. The summed E-state index contributed by atoms with van der Waals surface area (Å²) in [6.07, 6.45) is 0. The molecule has 0 amide bonds. The zero-order valence-electron chi connectivity index (χ0n) is 14.6. The highest BCUT2D eigenvalue weighted by Gasteiger charge is 2.19. The third-order valence-electron chi connectivity index (χ3n) is 3.65. The summed E-state index contributed by atoms with van der Waals surface area (Å²) in [5.41, 5.74) is 2.78. The van der Waals surface area contributed by atoms with E-state index in [0.717, 1.165) is 0 Å². The van der Waals surface area contributed by atoms with Crippen LogP contribution in [0.5, 0.6) is 0 Å². The van der Waals surface area contributed by atoms with Crippen molar-refractivity contribution < 1.29 is 0 Å². The molecule has 0 radical (unpaired) electrons. The molecule has 0 N–H and O–H groups in total. The Balaban J connectivity index is 0.000000829. The largest absolute Gasteiger partial charge is 0.304 e. The van der Waals surface area contributed by atoms with E-state index in [1.165, 1.54) is 37.3 Å². The van der Waals surface area contributed by atoms with E-state index >= 15 is 0 Å². The van der Waals surface area contributed by atoms with E-state index in [2.05, 4.69) is 55.0 Å². The summed E-state index contributed by atoms with van der Waals surface area (Å²) >= 11 is 0. The minimum absolute atomic E-state index is 0.550. The fraction of sp³-hybridized carbons (Fsp3) is 0.667. The van der Waals surface area contributed by atoms with Crippen molar-refractivity contribution in [3.8, 4) is 0 Å². The van der Waals surface area contributed by atoms with Gasteiger partial charge in [-0.3, -0.25) is 4.90 Å². The van der Waals surface area contributed by atoms with Gasteiger partial charge in [0, 0.05) is 32.2 Å². The zero-order valence-corrected chi connectivity index (χ0v) is 14.6. The molecule has 0 saturated carbocycles. The maximum atomic E-state index is 2.57. The number of aryl methyl sites for hydroxylation is 1. The number of hydrogen-bond donors (Lipinski definition) is 0. The van der Waals surface area contributed by atoms with Crippen LogP contribution in [0.25, 0.3) is 0 Å². The van der Waals surface area contributed by atoms with Gasteiger partial charge in [0.1, 0.15) is 0 Å². The molecule has 2 heteroatoms. The van der Waals surface area contributed by atoms with Gasteiger partial charge in [-0.15, -0.1) is 0 Å². The maximum absolute atomic E-state index is 2.57. The van der Waals surface area contributed by atoms with Crippen molar-refractivity contribution in [2.75, 3.05) is 33.2 Å². The summed E-state index contributed by atoms with van der Waals surface area (Å²) in [6.45, 7) is 17.2. The van der Waals surface area contributed by atoms with Crippen LogP contribution < -0.4 is 0 Å². The van der Waals surface area contributed by atoms with E-state index < -0.39 is 0 Å². The summed E-state index contributed by atoms with van der Waals surface area (Å²) in [7, 11) is 2.20. The molecule has 1 atom stereocenters. The van der Waals surface area contributed by atoms with Crippen LogP contribution >= 0.6 is 0 Å². The van der Waals surface area contributed by atoms with Gasteiger partial charge in [-0.25, -0.2) is 0 Å². The Morgan fingerprint density at radius 3 is 1.75 bits per heavy atom. The van der Waals surface area contributed by atoms with Crippen LogP contribution in [0.2, 0.25) is 0 Å². The Kier molecular flexibility index (Phi) is 10.4. The van der Waals surface area contributed by atoms with E-state index in [0.29, 0.717) is 6.04 Å². The van der Waals surface area contributed by atoms with Crippen LogP contribution in [0.15, 0.2) is 24.3 Å². The predicted octanol–water partition coefficient (Wildman–Crippen LogP) is 4.36. The van der Waals surface area contributed by atoms with Gasteiger partial charge in [0.2, 0.25) is 0 Å². The first kappa shape index (κ1) is 19.1. The Bertz CT molecular complexity index is 324. The van der Waals surface area contributed by atoms with Crippen molar-refractivity contribution in [3.05, 3.63) is 35.4 Å². The topological polar surface area (TPSA) is 6.48 Å². The average molecular weight is 278 g/mol. The minimum atomic E-state index is 0.550. The number of likely N-dealkylation sites (N-methyl/N-ethyl adjacent to an activating group) is 1. The normalized spacial score (nSPS) is 17.4. The number of piperazine rings is 1. The molecule has 0 aliphatic carbocycles. The van der Waals surface area contributed by atoms with Crippen molar-refractivity contribution in [2.24, 2.45) is 0 Å². The summed E-state index contributed by atoms with van der Waals surface area (Å²) in [6, 6.07) is 9.50. The summed E-state index contributed by atoms with van der Waals surface area (Å²) in [4.78, 5) is 4.98. The summed E-state index contributed by atoms with van der Waals surface area (Å²) < 4.78 is 0. The highest BCUT2D eigenvalue weighted by molar-refractivity contribution is 5.23. The molecule has 1 aliphatic heterocycles. The number of hydrogen-bond acceptors (Lipinski definition) is 2. The smallest absolute Gasteiger partial charge is 0.0320 e. The molecule has 1 heterocycles. The Hall–Kier alpha value is -0.860. The third kappa shape index (κ3) is 6.06. The van der Waals surface area contributed by atoms with Gasteiger partial charge in [-0.2, -0.15) is 0 Å². The third-order valence-corrected chi connectivity index (χ3v) is 3.65. The van der Waals surface area contributed by atoms with Crippen LogP contribution in [0.1, 0.15) is 51.8 Å². The van der Waals surface area contributed by atoms with Crippen molar-refractivity contribution in [1.29, 1.82) is 0 Å². The molecule has 1 aromatic carbocycles. The average Bonchev–Trinajstić information content (AvgIpc) is 2.52. The van der Waals surface area contributed by atoms with E-state index in [1.807, 2.05) is 27.7 Å². The van der Waals surface area contributed by atoms with E-state index in [9.17, 15) is 0 Å². The van der Waals surface area contributed by atoms with Gasteiger partial charge >= 0.3 is 0 Å². The molecule has 0 spiro atoms. The van der Waals surface area contributed by atoms with Crippen molar-refractivity contribution in [1.82, 2.24) is 9.80 Å². The molecule has 116 valence electrons. The molecule has 20 heavy (non-hydrogen) atoms. The molecule has 2 rings (SSSR count). The Morgan fingerprint density at radius 2 is 1.30 bits per heavy atom. The minimum Gasteiger partial charge on any atom is -0.304 e. The SMILES string of the molecule is CC.CC.Cc1ccc(C(C)N2CCN(C)CC2)cc1. The van der Waals surface area contributed by atoms with Gasteiger partial charge in [-0.1, -0.05) is 57.5 Å². The second-order valence-corrected chi connectivity index (χ2v) is 4.93. The van der Waals surface area contributed by atoms with Gasteiger partial charge in [0.25, 0.3) is 0 Å². The molecular formula is C18H34N2. The van der Waals surface area contributed by atoms with Crippen LogP contribution in [0.4, 0.5) is 0 Å². The zero-order chi connectivity index (χ0) is 15.5. The van der Waals surface area contributed by atoms with Gasteiger partial charge in [0.05, 0.1) is 0 Å². The lowest BCUT2D eigenvalue weighted by Crippen LogP contribution is -2.45. The fourth-order valence-corrected chi connectivity index (χ4v) is 2.27. The molecule has 1 unspecified atom stereocenters. The standard InChI is InChI=1S/C14H22N2.2C2H6/c1-12-4-6-14(7-5-12)13(2)16-10-8-15(3)9-11-16;2*1-2/h4-7,13H,8-11H2,1-3H3;2*1-2H3. The van der Waals surface area contributed by atoms with E-state index in [4.69, 9.17) is 0 Å². The Morgan fingerprint density at radius 1 is 0.850 bits per heavy atom. The first-order valence-electron chi connectivity index (χ1n) is 8.16. The first-order chi connectivity index (χ1) is 9.66. The van der Waals surface area contributed by atoms with Crippen LogP contribution in [-0.2, 0) is 0 Å². The fourth-order valence-electron chi connectivity index (χ4n) is 2.27. The summed E-state index contributed by atoms with van der Waals surface area (Å²) in [5.74, 6) is 0. The highest BCUT2D eigenvalue weighted by Crippen LogP contribution is 2.21.